The third kappa shape index (κ3) is 3.82. The lowest BCUT2D eigenvalue weighted by Crippen LogP contribution is -2.40. The predicted molar refractivity (Wildman–Crippen MR) is 112 cm³/mol. The van der Waals surface area contributed by atoms with Crippen LogP contribution in [0, 0.1) is 6.92 Å². The number of hydrogen-bond acceptors (Lipinski definition) is 8. The SMILES string of the molecule is Cc1cc(N2CCC(Nc3ccnc(N4CCOCC4)n3)CC2)n2nccc2n1. The molecule has 0 atom stereocenters. The number of aromatic nitrogens is 5. The molecule has 2 aliphatic rings. The summed E-state index contributed by atoms with van der Waals surface area (Å²) in [5.74, 6) is 2.80. The van der Waals surface area contributed by atoms with Crippen LogP contribution < -0.4 is 15.1 Å². The van der Waals surface area contributed by atoms with Gasteiger partial charge in [-0.1, -0.05) is 0 Å². The molecule has 2 fully saturated rings. The van der Waals surface area contributed by atoms with Gasteiger partial charge in [0.05, 0.1) is 19.4 Å². The first-order valence-electron chi connectivity index (χ1n) is 10.2. The molecule has 3 aromatic heterocycles. The van der Waals surface area contributed by atoms with Gasteiger partial charge in [-0.3, -0.25) is 0 Å². The van der Waals surface area contributed by atoms with Crippen molar-refractivity contribution in [2.45, 2.75) is 25.8 Å². The first-order valence-corrected chi connectivity index (χ1v) is 10.2. The predicted octanol–water partition coefficient (Wildman–Crippen LogP) is 1.75. The number of anilines is 3. The molecule has 2 aliphatic heterocycles. The molecule has 1 N–H and O–H groups in total. The van der Waals surface area contributed by atoms with Gasteiger partial charge in [-0.15, -0.1) is 0 Å². The van der Waals surface area contributed by atoms with Crippen LogP contribution in [0.4, 0.5) is 17.6 Å². The number of rotatable bonds is 4. The molecule has 0 saturated carbocycles. The average Bonchev–Trinajstić information content (AvgIpc) is 3.23. The van der Waals surface area contributed by atoms with Gasteiger partial charge in [0.1, 0.15) is 11.6 Å². The number of nitrogens with one attached hydrogen (secondary N) is 1. The Bertz CT molecular complexity index is 976. The molecule has 3 aromatic rings. The Kier molecular flexibility index (Phi) is 4.89. The quantitative estimate of drug-likeness (QED) is 0.717. The molecule has 5 heterocycles. The van der Waals surface area contributed by atoms with Crippen LogP contribution in [0.15, 0.2) is 30.6 Å². The second kappa shape index (κ2) is 7.82. The summed E-state index contributed by atoms with van der Waals surface area (Å²) >= 11 is 0. The minimum atomic E-state index is 0.398. The lowest BCUT2D eigenvalue weighted by Gasteiger charge is -2.34. The zero-order valence-electron chi connectivity index (χ0n) is 16.7. The van der Waals surface area contributed by atoms with Crippen LogP contribution in [-0.2, 0) is 4.74 Å². The monoisotopic (exact) mass is 394 g/mol. The Morgan fingerprint density at radius 3 is 2.66 bits per heavy atom. The highest BCUT2D eigenvalue weighted by Crippen LogP contribution is 2.23. The van der Waals surface area contributed by atoms with Crippen LogP contribution >= 0.6 is 0 Å². The molecule has 0 unspecified atom stereocenters. The summed E-state index contributed by atoms with van der Waals surface area (Å²) in [6.07, 6.45) is 5.73. The van der Waals surface area contributed by atoms with Crippen molar-refractivity contribution in [3.63, 3.8) is 0 Å². The van der Waals surface area contributed by atoms with Gasteiger partial charge >= 0.3 is 0 Å². The van der Waals surface area contributed by atoms with Gasteiger partial charge in [-0.05, 0) is 25.8 Å². The summed E-state index contributed by atoms with van der Waals surface area (Å²) in [5.41, 5.74) is 1.92. The fourth-order valence-electron chi connectivity index (χ4n) is 4.05. The summed E-state index contributed by atoms with van der Waals surface area (Å²) in [6, 6.07) is 6.42. The zero-order valence-corrected chi connectivity index (χ0v) is 16.7. The van der Waals surface area contributed by atoms with E-state index in [4.69, 9.17) is 9.72 Å². The van der Waals surface area contributed by atoms with E-state index in [2.05, 4.69) is 36.2 Å². The molecule has 152 valence electrons. The van der Waals surface area contributed by atoms with Gasteiger partial charge < -0.3 is 19.9 Å². The van der Waals surface area contributed by atoms with E-state index in [1.54, 1.807) is 6.20 Å². The minimum Gasteiger partial charge on any atom is -0.378 e. The lowest BCUT2D eigenvalue weighted by atomic mass is 10.1. The van der Waals surface area contributed by atoms with Crippen LogP contribution in [-0.4, -0.2) is 70.0 Å². The highest BCUT2D eigenvalue weighted by Gasteiger charge is 2.22. The number of piperidine rings is 1. The van der Waals surface area contributed by atoms with Gasteiger partial charge in [0.25, 0.3) is 0 Å². The van der Waals surface area contributed by atoms with E-state index >= 15 is 0 Å². The van der Waals surface area contributed by atoms with Crippen LogP contribution in [0.3, 0.4) is 0 Å². The standard InChI is InChI=1S/C20H26N8O/c1-15-14-19(28-18(23-15)3-7-22-28)26-8-4-16(5-9-26)24-17-2-6-21-20(25-17)27-10-12-29-13-11-27/h2-3,6-7,14,16H,4-5,8-13H2,1H3,(H,21,24,25). The van der Waals surface area contributed by atoms with Gasteiger partial charge in [0.15, 0.2) is 5.65 Å². The molecular formula is C20H26N8O. The van der Waals surface area contributed by atoms with Gasteiger partial charge in [0, 0.05) is 56.2 Å². The third-order valence-electron chi connectivity index (χ3n) is 5.58. The number of fused-ring (bicyclic) bond motifs is 1. The van der Waals surface area contributed by atoms with Crippen molar-refractivity contribution in [1.82, 2.24) is 24.6 Å². The lowest BCUT2D eigenvalue weighted by molar-refractivity contribution is 0.122. The van der Waals surface area contributed by atoms with Crippen molar-refractivity contribution >= 4 is 23.2 Å². The van der Waals surface area contributed by atoms with Gasteiger partial charge in [-0.2, -0.15) is 14.6 Å². The molecule has 9 heteroatoms. The molecule has 29 heavy (non-hydrogen) atoms. The van der Waals surface area contributed by atoms with Crippen LogP contribution in [0.1, 0.15) is 18.5 Å². The summed E-state index contributed by atoms with van der Waals surface area (Å²) < 4.78 is 7.35. The fraction of sp³-hybridized carbons (Fsp3) is 0.500. The van der Waals surface area contributed by atoms with Crippen molar-refractivity contribution in [2.75, 3.05) is 54.5 Å². The van der Waals surface area contributed by atoms with E-state index in [0.717, 1.165) is 81.2 Å². The molecule has 9 nitrogen and oxygen atoms in total. The van der Waals surface area contributed by atoms with Crippen LogP contribution in [0.2, 0.25) is 0 Å². The Balaban J connectivity index is 1.24. The van der Waals surface area contributed by atoms with Gasteiger partial charge in [0.2, 0.25) is 5.95 Å². The molecule has 0 spiro atoms. The number of ether oxygens (including phenoxy) is 1. The molecule has 0 aliphatic carbocycles. The summed E-state index contributed by atoms with van der Waals surface area (Å²) in [5, 5.41) is 8.05. The minimum absolute atomic E-state index is 0.398. The second-order valence-electron chi connectivity index (χ2n) is 7.60. The van der Waals surface area contributed by atoms with E-state index in [-0.39, 0.29) is 0 Å². The highest BCUT2D eigenvalue weighted by atomic mass is 16.5. The molecule has 2 saturated heterocycles. The number of nitrogens with zero attached hydrogens (tertiary/aromatic N) is 7. The van der Waals surface area contributed by atoms with Crippen molar-refractivity contribution < 1.29 is 4.74 Å². The van der Waals surface area contributed by atoms with Crippen molar-refractivity contribution in [3.8, 4) is 0 Å². The fourth-order valence-corrected chi connectivity index (χ4v) is 4.05. The Morgan fingerprint density at radius 1 is 1.00 bits per heavy atom. The number of morpholine rings is 1. The molecule has 0 aromatic carbocycles. The smallest absolute Gasteiger partial charge is 0.227 e. The van der Waals surface area contributed by atoms with Gasteiger partial charge in [-0.25, -0.2) is 9.97 Å². The van der Waals surface area contributed by atoms with Crippen LogP contribution in [0.25, 0.3) is 5.65 Å². The molecule has 0 radical (unpaired) electrons. The topological polar surface area (TPSA) is 83.7 Å². The van der Waals surface area contributed by atoms with E-state index in [1.165, 1.54) is 0 Å². The molecule has 5 rings (SSSR count). The Labute approximate surface area is 169 Å². The number of hydrogen-bond donors (Lipinski definition) is 1. The average molecular weight is 394 g/mol. The van der Waals surface area contributed by atoms with Crippen molar-refractivity contribution in [2.24, 2.45) is 0 Å². The van der Waals surface area contributed by atoms with Crippen molar-refractivity contribution in [1.29, 1.82) is 0 Å². The summed E-state index contributed by atoms with van der Waals surface area (Å²) in [7, 11) is 0. The zero-order chi connectivity index (χ0) is 19.6. The summed E-state index contributed by atoms with van der Waals surface area (Å²) in [6.45, 7) is 7.13. The molecular weight excluding hydrogens is 368 g/mol. The second-order valence-corrected chi connectivity index (χ2v) is 7.60. The maximum atomic E-state index is 5.42. The Hall–Kier alpha value is -2.94. The first kappa shape index (κ1) is 18.1. The molecule has 0 bridgehead atoms. The maximum absolute atomic E-state index is 5.42. The van der Waals surface area contributed by atoms with E-state index in [9.17, 15) is 0 Å². The van der Waals surface area contributed by atoms with E-state index in [0.29, 0.717) is 6.04 Å². The largest absolute Gasteiger partial charge is 0.378 e. The number of aryl methyl sites for hydroxylation is 1. The first-order chi connectivity index (χ1) is 14.3. The normalized spacial score (nSPS) is 18.4. The Morgan fingerprint density at radius 2 is 1.83 bits per heavy atom. The third-order valence-corrected chi connectivity index (χ3v) is 5.58. The van der Waals surface area contributed by atoms with E-state index < -0.39 is 0 Å². The summed E-state index contributed by atoms with van der Waals surface area (Å²) in [4.78, 5) is 18.3. The highest BCUT2D eigenvalue weighted by molar-refractivity contribution is 5.51. The molecule has 0 amide bonds. The maximum Gasteiger partial charge on any atom is 0.227 e. The van der Waals surface area contributed by atoms with E-state index in [1.807, 2.05) is 29.8 Å². The van der Waals surface area contributed by atoms with Crippen LogP contribution in [0.5, 0.6) is 0 Å². The van der Waals surface area contributed by atoms with Crippen molar-refractivity contribution in [3.05, 3.63) is 36.3 Å².